The highest BCUT2D eigenvalue weighted by atomic mass is 32.2. The molecule has 0 radical (unpaired) electrons. The minimum absolute atomic E-state index is 0.139. The Labute approximate surface area is 145 Å². The van der Waals surface area contributed by atoms with Gasteiger partial charge in [-0.2, -0.15) is 0 Å². The van der Waals surface area contributed by atoms with Crippen LogP contribution in [0.3, 0.4) is 0 Å². The van der Waals surface area contributed by atoms with Crippen LogP contribution in [-0.4, -0.2) is 15.0 Å². The summed E-state index contributed by atoms with van der Waals surface area (Å²) in [4.78, 5) is 1.06. The second kappa shape index (κ2) is 7.61. The van der Waals surface area contributed by atoms with Crippen LogP contribution in [-0.2, 0) is 10.0 Å². The normalized spacial score (nSPS) is 13.3. The molecule has 0 saturated carbocycles. The van der Waals surface area contributed by atoms with Gasteiger partial charge in [0.1, 0.15) is 5.76 Å². The molecule has 4 nitrogen and oxygen atoms in total. The molecule has 2 heterocycles. The van der Waals surface area contributed by atoms with E-state index in [4.69, 9.17) is 4.42 Å². The fourth-order valence-electron chi connectivity index (χ4n) is 2.30. The predicted octanol–water partition coefficient (Wildman–Crippen LogP) is 4.06. The van der Waals surface area contributed by atoms with Crippen LogP contribution < -0.4 is 4.72 Å². The van der Waals surface area contributed by atoms with Gasteiger partial charge >= 0.3 is 0 Å². The lowest BCUT2D eigenvalue weighted by Crippen LogP contribution is -2.26. The van der Waals surface area contributed by atoms with Crippen molar-refractivity contribution < 1.29 is 12.8 Å². The summed E-state index contributed by atoms with van der Waals surface area (Å²) >= 11 is 1.58. The Morgan fingerprint density at radius 2 is 1.92 bits per heavy atom. The Hall–Kier alpha value is -2.15. The smallest absolute Gasteiger partial charge is 0.233 e. The Bertz CT molecular complexity index is 834. The Kier molecular flexibility index (Phi) is 5.30. The number of sulfonamides is 1. The first-order valence-corrected chi connectivity index (χ1v) is 9.86. The first-order valence-electron chi connectivity index (χ1n) is 7.44. The third kappa shape index (κ3) is 4.44. The summed E-state index contributed by atoms with van der Waals surface area (Å²) in [6.45, 7) is 0.246. The minimum Gasteiger partial charge on any atom is -0.469 e. The fraction of sp³-hybridized carbons (Fsp3) is 0.111. The van der Waals surface area contributed by atoms with Crippen LogP contribution >= 0.6 is 11.3 Å². The molecular formula is C18H17NO3S2. The van der Waals surface area contributed by atoms with Gasteiger partial charge in [-0.25, -0.2) is 13.1 Å². The zero-order chi connectivity index (χ0) is 16.8. The average Bonchev–Trinajstić information content (AvgIpc) is 3.28. The number of hydrogen-bond donors (Lipinski definition) is 1. The number of furan rings is 1. The van der Waals surface area contributed by atoms with Crippen LogP contribution in [0.2, 0.25) is 0 Å². The molecule has 3 rings (SSSR count). The van der Waals surface area contributed by atoms with Gasteiger partial charge in [-0.3, -0.25) is 0 Å². The standard InChI is InChI=1S/C18H17NO3S2/c20-24(21,13-10-15-6-2-1-3-7-15)19-14-16(17-8-4-11-22-17)18-9-5-12-23-18/h1-13,16,19H,14H2/b13-10+/t16-/m1/s1. The van der Waals surface area contributed by atoms with E-state index < -0.39 is 10.0 Å². The Morgan fingerprint density at radius 3 is 2.58 bits per heavy atom. The van der Waals surface area contributed by atoms with E-state index in [1.54, 1.807) is 29.7 Å². The van der Waals surface area contributed by atoms with Crippen molar-refractivity contribution in [3.63, 3.8) is 0 Å². The Balaban J connectivity index is 1.71. The van der Waals surface area contributed by atoms with Crippen LogP contribution in [0.25, 0.3) is 6.08 Å². The van der Waals surface area contributed by atoms with E-state index in [-0.39, 0.29) is 12.5 Å². The second-order valence-corrected chi connectivity index (χ2v) is 7.82. The van der Waals surface area contributed by atoms with E-state index in [1.807, 2.05) is 53.9 Å². The van der Waals surface area contributed by atoms with Crippen LogP contribution in [0.15, 0.2) is 76.1 Å². The third-order valence-electron chi connectivity index (χ3n) is 3.50. The van der Waals surface area contributed by atoms with Gasteiger partial charge in [0.15, 0.2) is 0 Å². The lowest BCUT2D eigenvalue weighted by molar-refractivity contribution is 0.484. The maximum Gasteiger partial charge on any atom is 0.233 e. The summed E-state index contributed by atoms with van der Waals surface area (Å²) in [5.41, 5.74) is 0.837. The molecule has 0 saturated heterocycles. The number of thiophene rings is 1. The summed E-state index contributed by atoms with van der Waals surface area (Å²) in [5, 5.41) is 3.16. The molecule has 1 aromatic carbocycles. The van der Waals surface area contributed by atoms with Crippen molar-refractivity contribution in [2.75, 3.05) is 6.54 Å². The molecule has 6 heteroatoms. The number of nitrogens with one attached hydrogen (secondary N) is 1. The Morgan fingerprint density at radius 1 is 1.08 bits per heavy atom. The van der Waals surface area contributed by atoms with Crippen molar-refractivity contribution in [1.82, 2.24) is 4.72 Å². The van der Waals surface area contributed by atoms with Crippen molar-refractivity contribution >= 4 is 27.4 Å². The summed E-state index contributed by atoms with van der Waals surface area (Å²) < 4.78 is 32.6. The van der Waals surface area contributed by atoms with Crippen LogP contribution in [0.1, 0.15) is 22.1 Å². The molecule has 0 fully saturated rings. The molecule has 3 aromatic rings. The van der Waals surface area contributed by atoms with Gasteiger partial charge in [-0.15, -0.1) is 11.3 Å². The van der Waals surface area contributed by atoms with Crippen molar-refractivity contribution in [3.05, 3.63) is 87.8 Å². The zero-order valence-corrected chi connectivity index (χ0v) is 14.5. The van der Waals surface area contributed by atoms with E-state index in [9.17, 15) is 8.42 Å². The van der Waals surface area contributed by atoms with Crippen molar-refractivity contribution in [2.24, 2.45) is 0 Å². The molecular weight excluding hydrogens is 342 g/mol. The molecule has 0 amide bonds. The first-order chi connectivity index (χ1) is 11.6. The summed E-state index contributed by atoms with van der Waals surface area (Å²) in [5.74, 6) is 0.604. The molecule has 0 bridgehead atoms. The van der Waals surface area contributed by atoms with Gasteiger partial charge in [-0.1, -0.05) is 36.4 Å². The number of rotatable bonds is 7. The highest BCUT2D eigenvalue weighted by Crippen LogP contribution is 2.28. The van der Waals surface area contributed by atoms with Crippen molar-refractivity contribution in [1.29, 1.82) is 0 Å². The van der Waals surface area contributed by atoms with Crippen LogP contribution in [0.4, 0.5) is 0 Å². The van der Waals surface area contributed by atoms with E-state index in [1.165, 1.54) is 5.41 Å². The lowest BCUT2D eigenvalue weighted by atomic mass is 10.1. The maximum atomic E-state index is 12.2. The van der Waals surface area contributed by atoms with Crippen molar-refractivity contribution in [2.45, 2.75) is 5.92 Å². The monoisotopic (exact) mass is 359 g/mol. The molecule has 0 aliphatic rings. The third-order valence-corrected chi connectivity index (χ3v) is 5.55. The summed E-state index contributed by atoms with van der Waals surface area (Å²) in [6, 6.07) is 16.9. The highest BCUT2D eigenvalue weighted by molar-refractivity contribution is 7.92. The maximum absolute atomic E-state index is 12.2. The van der Waals surface area contributed by atoms with Crippen molar-refractivity contribution in [3.8, 4) is 0 Å². The van der Waals surface area contributed by atoms with Gasteiger partial charge in [0, 0.05) is 16.8 Å². The molecule has 124 valence electrons. The topological polar surface area (TPSA) is 59.3 Å². The fourth-order valence-corrected chi connectivity index (χ4v) is 3.97. The average molecular weight is 359 g/mol. The number of hydrogen-bond acceptors (Lipinski definition) is 4. The quantitative estimate of drug-likeness (QED) is 0.692. The molecule has 0 spiro atoms. The summed E-state index contributed by atoms with van der Waals surface area (Å²) in [6.07, 6.45) is 3.18. The van der Waals surface area contributed by atoms with Crippen LogP contribution in [0.5, 0.6) is 0 Å². The van der Waals surface area contributed by atoms with Gasteiger partial charge in [0.2, 0.25) is 10.0 Å². The zero-order valence-electron chi connectivity index (χ0n) is 12.8. The molecule has 1 N–H and O–H groups in total. The molecule has 1 atom stereocenters. The van der Waals surface area contributed by atoms with Gasteiger partial charge in [0.25, 0.3) is 0 Å². The van der Waals surface area contributed by atoms with E-state index >= 15 is 0 Å². The summed E-state index contributed by atoms with van der Waals surface area (Å²) in [7, 11) is -3.52. The first kappa shape index (κ1) is 16.7. The molecule has 0 unspecified atom stereocenters. The van der Waals surface area contributed by atoms with Gasteiger partial charge in [-0.05, 0) is 35.2 Å². The SMILES string of the molecule is O=S(=O)(/C=C/c1ccccc1)NC[C@H](c1ccco1)c1cccs1. The number of benzene rings is 1. The largest absolute Gasteiger partial charge is 0.469 e. The van der Waals surface area contributed by atoms with Gasteiger partial charge in [0.05, 0.1) is 12.2 Å². The minimum atomic E-state index is -3.52. The van der Waals surface area contributed by atoms with Gasteiger partial charge < -0.3 is 4.42 Å². The van der Waals surface area contributed by atoms with Crippen LogP contribution in [0, 0.1) is 0 Å². The predicted molar refractivity (Wildman–Crippen MR) is 97.3 cm³/mol. The molecule has 0 aliphatic carbocycles. The second-order valence-electron chi connectivity index (χ2n) is 5.19. The van der Waals surface area contributed by atoms with E-state index in [2.05, 4.69) is 4.72 Å². The molecule has 2 aromatic heterocycles. The molecule has 0 aliphatic heterocycles. The van der Waals surface area contributed by atoms with E-state index in [0.717, 1.165) is 16.2 Å². The van der Waals surface area contributed by atoms with E-state index in [0.29, 0.717) is 0 Å². The highest BCUT2D eigenvalue weighted by Gasteiger charge is 2.20. The lowest BCUT2D eigenvalue weighted by Gasteiger charge is -2.13. The molecule has 24 heavy (non-hydrogen) atoms.